The summed E-state index contributed by atoms with van der Waals surface area (Å²) >= 11 is 0. The second-order valence-corrected chi connectivity index (χ2v) is 6.95. The normalized spacial score (nSPS) is 14.6. The van der Waals surface area contributed by atoms with Gasteiger partial charge in [-0.05, 0) is 31.0 Å². The van der Waals surface area contributed by atoms with Crippen molar-refractivity contribution in [1.29, 1.82) is 0 Å². The van der Waals surface area contributed by atoms with Gasteiger partial charge in [0.25, 0.3) is 5.91 Å². The van der Waals surface area contributed by atoms with Gasteiger partial charge in [-0.1, -0.05) is 49.2 Å². The third-order valence-corrected chi connectivity index (χ3v) is 5.20. The highest BCUT2D eigenvalue weighted by atomic mass is 19.1. The molecular weight excluding hydrogens is 345 g/mol. The molecule has 0 unspecified atom stereocenters. The molecule has 1 aromatic heterocycles. The summed E-state index contributed by atoms with van der Waals surface area (Å²) in [4.78, 5) is 27.3. The van der Waals surface area contributed by atoms with E-state index in [-0.39, 0.29) is 24.0 Å². The number of carbonyl (C=O) groups is 1. The Kier molecular flexibility index (Phi) is 4.75. The molecule has 0 spiro atoms. The highest BCUT2D eigenvalue weighted by Gasteiger charge is 2.30. The lowest BCUT2D eigenvalue weighted by molar-refractivity contribution is 0.0658. The van der Waals surface area contributed by atoms with Crippen molar-refractivity contribution >= 4 is 16.9 Å². The number of rotatable bonds is 4. The topological polar surface area (TPSA) is 50.5 Å². The average molecular weight is 365 g/mol. The zero-order valence-electron chi connectivity index (χ0n) is 14.9. The summed E-state index contributed by atoms with van der Waals surface area (Å²) in [5.74, 6) is -0.747. The number of fused-ring (bicyclic) bond motifs is 1. The first-order valence-corrected chi connectivity index (χ1v) is 9.21. The quantitative estimate of drug-likeness (QED) is 0.639. The molecule has 1 saturated carbocycles. The van der Waals surface area contributed by atoms with Gasteiger partial charge in [-0.2, -0.15) is 0 Å². The molecule has 1 heterocycles. The van der Waals surface area contributed by atoms with E-state index in [4.69, 9.17) is 4.42 Å². The van der Waals surface area contributed by atoms with Crippen LogP contribution in [0.15, 0.2) is 63.8 Å². The van der Waals surface area contributed by atoms with Crippen LogP contribution in [0.1, 0.15) is 41.6 Å². The fourth-order valence-electron chi connectivity index (χ4n) is 3.76. The van der Waals surface area contributed by atoms with Gasteiger partial charge < -0.3 is 9.32 Å². The number of hydrogen-bond donors (Lipinski definition) is 0. The predicted octanol–water partition coefficient (Wildman–Crippen LogP) is 4.52. The lowest BCUT2D eigenvalue weighted by Gasteiger charge is -2.29. The molecule has 1 aliphatic carbocycles. The van der Waals surface area contributed by atoms with E-state index in [0.29, 0.717) is 16.5 Å². The summed E-state index contributed by atoms with van der Waals surface area (Å²) in [6, 6.07) is 15.1. The number of carbonyl (C=O) groups excluding carboxylic acids is 1. The number of amides is 1. The van der Waals surface area contributed by atoms with E-state index in [1.54, 1.807) is 47.4 Å². The number of nitrogens with zero attached hydrogens (tertiary/aromatic N) is 1. The van der Waals surface area contributed by atoms with Crippen molar-refractivity contribution < 1.29 is 13.6 Å². The molecule has 4 rings (SSSR count). The molecule has 27 heavy (non-hydrogen) atoms. The number of halogens is 1. The Labute approximate surface area is 156 Å². The number of benzene rings is 2. The van der Waals surface area contributed by atoms with Crippen LogP contribution in [0.2, 0.25) is 0 Å². The Balaban J connectivity index is 1.73. The summed E-state index contributed by atoms with van der Waals surface area (Å²) < 4.78 is 19.5. The van der Waals surface area contributed by atoms with Gasteiger partial charge in [0.05, 0.1) is 0 Å². The smallest absolute Gasteiger partial charge is 0.349 e. The maximum Gasteiger partial charge on any atom is 0.349 e. The maximum atomic E-state index is 14.2. The Morgan fingerprint density at radius 2 is 1.78 bits per heavy atom. The maximum absolute atomic E-state index is 14.2. The van der Waals surface area contributed by atoms with Crippen molar-refractivity contribution in [2.45, 2.75) is 38.3 Å². The zero-order valence-corrected chi connectivity index (χ0v) is 14.9. The van der Waals surface area contributed by atoms with Crippen LogP contribution in [0.25, 0.3) is 11.0 Å². The minimum atomic E-state index is -0.657. The molecule has 1 fully saturated rings. The van der Waals surface area contributed by atoms with Gasteiger partial charge in [0.1, 0.15) is 17.0 Å². The van der Waals surface area contributed by atoms with Gasteiger partial charge in [-0.25, -0.2) is 9.18 Å². The third kappa shape index (κ3) is 3.50. The van der Waals surface area contributed by atoms with E-state index >= 15 is 0 Å². The first-order chi connectivity index (χ1) is 13.1. The van der Waals surface area contributed by atoms with Gasteiger partial charge in [0.15, 0.2) is 0 Å². The lowest BCUT2D eigenvalue weighted by atomic mass is 10.1. The number of hydrogen-bond acceptors (Lipinski definition) is 3. The monoisotopic (exact) mass is 365 g/mol. The van der Waals surface area contributed by atoms with Crippen LogP contribution in [0.3, 0.4) is 0 Å². The molecule has 1 amide bonds. The number of para-hydroxylation sites is 1. The van der Waals surface area contributed by atoms with Crippen LogP contribution < -0.4 is 5.63 Å². The van der Waals surface area contributed by atoms with Crippen LogP contribution in [-0.4, -0.2) is 16.8 Å². The largest absolute Gasteiger partial charge is 0.422 e. The molecule has 0 radical (unpaired) electrons. The first-order valence-electron chi connectivity index (χ1n) is 9.21. The minimum Gasteiger partial charge on any atom is -0.422 e. The van der Waals surface area contributed by atoms with E-state index < -0.39 is 11.5 Å². The highest BCUT2D eigenvalue weighted by Crippen LogP contribution is 2.27. The molecule has 0 atom stereocenters. The van der Waals surface area contributed by atoms with Gasteiger partial charge in [-0.15, -0.1) is 0 Å². The van der Waals surface area contributed by atoms with E-state index in [1.807, 2.05) is 6.07 Å². The van der Waals surface area contributed by atoms with Crippen LogP contribution in [-0.2, 0) is 6.54 Å². The van der Waals surface area contributed by atoms with Gasteiger partial charge in [0.2, 0.25) is 0 Å². The summed E-state index contributed by atoms with van der Waals surface area (Å²) in [7, 11) is 0. The third-order valence-electron chi connectivity index (χ3n) is 5.20. The fourth-order valence-corrected chi connectivity index (χ4v) is 3.76. The molecule has 3 aromatic rings. The van der Waals surface area contributed by atoms with Crippen LogP contribution in [0, 0.1) is 5.82 Å². The molecule has 2 aromatic carbocycles. The highest BCUT2D eigenvalue weighted by molar-refractivity contribution is 5.96. The SMILES string of the molecule is O=C(c1cc2ccccc2oc1=O)N(Cc1ccccc1F)C1CCCC1. The van der Waals surface area contributed by atoms with Crippen molar-refractivity contribution in [1.82, 2.24) is 4.90 Å². The molecule has 0 aliphatic heterocycles. The summed E-state index contributed by atoms with van der Waals surface area (Å²) in [5, 5.41) is 0.692. The second-order valence-electron chi connectivity index (χ2n) is 6.95. The fraction of sp³-hybridized carbons (Fsp3) is 0.273. The summed E-state index contributed by atoms with van der Waals surface area (Å²) in [5.41, 5.74) is 0.232. The van der Waals surface area contributed by atoms with E-state index in [9.17, 15) is 14.0 Å². The molecule has 0 N–H and O–H groups in total. The Morgan fingerprint density at radius 1 is 1.07 bits per heavy atom. The van der Waals surface area contributed by atoms with Crippen molar-refractivity contribution in [3.8, 4) is 0 Å². The Bertz CT molecular complexity index is 1040. The van der Waals surface area contributed by atoms with Crippen molar-refractivity contribution in [3.05, 3.63) is 82.0 Å². The Morgan fingerprint density at radius 3 is 2.56 bits per heavy atom. The minimum absolute atomic E-state index is 0.00276. The summed E-state index contributed by atoms with van der Waals surface area (Å²) in [6.07, 6.45) is 3.77. The molecular formula is C22H20FNO3. The molecule has 1 aliphatic rings. The lowest BCUT2D eigenvalue weighted by Crippen LogP contribution is -2.40. The second kappa shape index (κ2) is 7.35. The van der Waals surface area contributed by atoms with E-state index in [0.717, 1.165) is 25.7 Å². The van der Waals surface area contributed by atoms with Crippen molar-refractivity contribution in [3.63, 3.8) is 0 Å². The summed E-state index contributed by atoms with van der Waals surface area (Å²) in [6.45, 7) is 0.141. The molecule has 0 bridgehead atoms. The van der Waals surface area contributed by atoms with Crippen molar-refractivity contribution in [2.75, 3.05) is 0 Å². The van der Waals surface area contributed by atoms with E-state index in [2.05, 4.69) is 0 Å². The molecule has 5 heteroatoms. The van der Waals surface area contributed by atoms with E-state index in [1.165, 1.54) is 6.07 Å². The predicted molar refractivity (Wildman–Crippen MR) is 101 cm³/mol. The first kappa shape index (κ1) is 17.5. The van der Waals surface area contributed by atoms with Crippen molar-refractivity contribution in [2.24, 2.45) is 0 Å². The van der Waals surface area contributed by atoms with Gasteiger partial charge in [0, 0.05) is 23.5 Å². The van der Waals surface area contributed by atoms with Crippen LogP contribution >= 0.6 is 0 Å². The van der Waals surface area contributed by atoms with Crippen LogP contribution in [0.5, 0.6) is 0 Å². The average Bonchev–Trinajstić information content (AvgIpc) is 3.21. The Hall–Kier alpha value is -2.95. The molecule has 4 nitrogen and oxygen atoms in total. The van der Waals surface area contributed by atoms with Gasteiger partial charge in [-0.3, -0.25) is 4.79 Å². The standard InChI is InChI=1S/C22H20FNO3/c23-19-11-5-1-8-16(19)14-24(17-9-3-4-10-17)21(25)18-13-15-7-2-6-12-20(15)27-22(18)26/h1-2,5-8,11-13,17H,3-4,9-10,14H2. The molecule has 0 saturated heterocycles. The van der Waals surface area contributed by atoms with Crippen LogP contribution in [0.4, 0.5) is 4.39 Å². The zero-order chi connectivity index (χ0) is 18.8. The molecule has 138 valence electrons. The van der Waals surface area contributed by atoms with Gasteiger partial charge >= 0.3 is 5.63 Å².